The summed E-state index contributed by atoms with van der Waals surface area (Å²) >= 11 is 3.88. The van der Waals surface area contributed by atoms with Gasteiger partial charge in [0, 0.05) is 23.5 Å². The van der Waals surface area contributed by atoms with Gasteiger partial charge in [0.1, 0.15) is 5.71 Å². The third-order valence-corrected chi connectivity index (χ3v) is 2.68. The second-order valence-corrected chi connectivity index (χ2v) is 3.53. The van der Waals surface area contributed by atoms with Crippen molar-refractivity contribution in [3.05, 3.63) is 23.1 Å². The quantitative estimate of drug-likeness (QED) is 0.608. The van der Waals surface area contributed by atoms with E-state index in [1.165, 1.54) is 0 Å². The van der Waals surface area contributed by atoms with Gasteiger partial charge in [-0.2, -0.15) is 0 Å². The van der Waals surface area contributed by atoms with Gasteiger partial charge in [-0.05, 0) is 26.7 Å². The maximum absolute atomic E-state index is 7.91. The van der Waals surface area contributed by atoms with Gasteiger partial charge in [0.25, 0.3) is 0 Å². The Labute approximate surface area is 92.5 Å². The fourth-order valence-electron chi connectivity index (χ4n) is 1.61. The number of nitrogens with zero attached hydrogens (tertiary/aromatic N) is 3. The second kappa shape index (κ2) is 3.58. The van der Waals surface area contributed by atoms with Crippen molar-refractivity contribution in [1.29, 1.82) is 5.41 Å². The van der Waals surface area contributed by atoms with E-state index in [0.29, 0.717) is 11.4 Å². The molecular weight excluding hydrogens is 208 g/mol. The molecule has 0 saturated heterocycles. The van der Waals surface area contributed by atoms with Gasteiger partial charge >= 0.3 is 0 Å². The normalized spacial score (nSPS) is 18.3. The molecule has 0 saturated carbocycles. The van der Waals surface area contributed by atoms with E-state index in [4.69, 9.17) is 5.41 Å². The van der Waals surface area contributed by atoms with Crippen LogP contribution in [0.5, 0.6) is 0 Å². The SMILES string of the molecule is CC1=c2nccnc2=C(C)/C(=N/S)C1=N. The Kier molecular flexibility index (Phi) is 2.40. The summed E-state index contributed by atoms with van der Waals surface area (Å²) in [6.45, 7) is 3.73. The Morgan fingerprint density at radius 1 is 1.13 bits per heavy atom. The highest BCUT2D eigenvalue weighted by atomic mass is 32.1. The molecule has 1 N–H and O–H groups in total. The lowest BCUT2D eigenvalue weighted by molar-refractivity contribution is 1.08. The van der Waals surface area contributed by atoms with Crippen LogP contribution in [0.1, 0.15) is 13.8 Å². The first-order chi connectivity index (χ1) is 7.16. The molecule has 0 unspecified atom stereocenters. The third-order valence-electron chi connectivity index (χ3n) is 2.48. The molecule has 1 aromatic heterocycles. The first-order valence-corrected chi connectivity index (χ1v) is 4.87. The summed E-state index contributed by atoms with van der Waals surface area (Å²) in [6.07, 6.45) is 3.27. The van der Waals surface area contributed by atoms with Crippen LogP contribution >= 0.6 is 12.8 Å². The molecule has 1 aliphatic rings. The lowest BCUT2D eigenvalue weighted by atomic mass is 9.96. The molecule has 0 aromatic carbocycles. The standard InChI is InChI=1S/C10H10N4S/c1-5-7(11)8(14-15)6(2)10-9(5)12-3-4-13-10/h3-4,11,15H,1-2H3/b11-7?,14-8-. The maximum atomic E-state index is 7.91. The van der Waals surface area contributed by atoms with E-state index < -0.39 is 0 Å². The minimum Gasteiger partial charge on any atom is -0.298 e. The van der Waals surface area contributed by atoms with Crippen LogP contribution < -0.4 is 10.7 Å². The molecule has 15 heavy (non-hydrogen) atoms. The molecule has 5 heteroatoms. The van der Waals surface area contributed by atoms with Crippen molar-refractivity contribution in [3.63, 3.8) is 0 Å². The van der Waals surface area contributed by atoms with Gasteiger partial charge in [-0.3, -0.25) is 15.4 Å². The van der Waals surface area contributed by atoms with Crippen LogP contribution in [-0.4, -0.2) is 21.4 Å². The molecule has 0 fully saturated rings. The zero-order chi connectivity index (χ0) is 11.0. The number of aromatic nitrogens is 2. The Balaban J connectivity index is 3.02. The number of rotatable bonds is 0. The van der Waals surface area contributed by atoms with Crippen LogP contribution in [0.4, 0.5) is 0 Å². The second-order valence-electron chi connectivity index (χ2n) is 3.33. The van der Waals surface area contributed by atoms with Crippen LogP contribution in [0.15, 0.2) is 16.8 Å². The van der Waals surface area contributed by atoms with Crippen LogP contribution in [-0.2, 0) is 0 Å². The van der Waals surface area contributed by atoms with Crippen molar-refractivity contribution in [1.82, 2.24) is 9.97 Å². The van der Waals surface area contributed by atoms with E-state index in [1.54, 1.807) is 12.4 Å². The highest BCUT2D eigenvalue weighted by molar-refractivity contribution is 7.79. The van der Waals surface area contributed by atoms with Crippen molar-refractivity contribution in [2.24, 2.45) is 4.40 Å². The Morgan fingerprint density at radius 3 is 2.20 bits per heavy atom. The molecule has 0 radical (unpaired) electrons. The Hall–Kier alpha value is -1.49. The van der Waals surface area contributed by atoms with E-state index in [-0.39, 0.29) is 0 Å². The van der Waals surface area contributed by atoms with Gasteiger partial charge in [-0.1, -0.05) is 0 Å². The first kappa shape index (κ1) is 10.0. The van der Waals surface area contributed by atoms with Crippen molar-refractivity contribution >= 4 is 35.4 Å². The monoisotopic (exact) mass is 218 g/mol. The zero-order valence-electron chi connectivity index (χ0n) is 8.44. The number of fused-ring (bicyclic) bond motifs is 1. The lowest BCUT2D eigenvalue weighted by Gasteiger charge is -2.12. The highest BCUT2D eigenvalue weighted by Crippen LogP contribution is 2.08. The zero-order valence-corrected chi connectivity index (χ0v) is 9.34. The third kappa shape index (κ3) is 1.39. The van der Waals surface area contributed by atoms with E-state index in [0.717, 1.165) is 21.8 Å². The predicted octanol–water partition coefficient (Wildman–Crippen LogP) is 0.137. The molecule has 0 bridgehead atoms. The van der Waals surface area contributed by atoms with Gasteiger partial charge in [-0.25, -0.2) is 4.40 Å². The summed E-state index contributed by atoms with van der Waals surface area (Å²) in [5.74, 6) is 0. The number of hydrogen-bond donors (Lipinski definition) is 2. The van der Waals surface area contributed by atoms with Crippen molar-refractivity contribution in [2.45, 2.75) is 13.8 Å². The van der Waals surface area contributed by atoms with E-state index in [1.807, 2.05) is 13.8 Å². The van der Waals surface area contributed by atoms with E-state index >= 15 is 0 Å². The van der Waals surface area contributed by atoms with Gasteiger partial charge in [0.05, 0.1) is 16.4 Å². The number of thiol groups is 1. The predicted molar refractivity (Wildman–Crippen MR) is 63.6 cm³/mol. The Bertz CT molecular complexity index is 586. The summed E-state index contributed by atoms with van der Waals surface area (Å²) in [5.41, 5.74) is 2.58. The molecule has 2 rings (SSSR count). The Morgan fingerprint density at radius 2 is 1.67 bits per heavy atom. The molecule has 1 aromatic rings. The lowest BCUT2D eigenvalue weighted by Crippen LogP contribution is -2.42. The van der Waals surface area contributed by atoms with Gasteiger partial charge in [0.15, 0.2) is 0 Å². The van der Waals surface area contributed by atoms with Crippen molar-refractivity contribution in [2.75, 3.05) is 0 Å². The minimum atomic E-state index is 0.371. The topological polar surface area (TPSA) is 62.0 Å². The molecule has 1 aliphatic carbocycles. The number of hydrogen-bond acceptors (Lipinski definition) is 5. The molecule has 0 atom stereocenters. The van der Waals surface area contributed by atoms with Crippen LogP contribution in [0, 0.1) is 5.41 Å². The number of nitrogens with one attached hydrogen (secondary N) is 1. The van der Waals surface area contributed by atoms with Crippen molar-refractivity contribution < 1.29 is 0 Å². The van der Waals surface area contributed by atoms with Crippen LogP contribution in [0.2, 0.25) is 0 Å². The molecule has 0 amide bonds. The van der Waals surface area contributed by atoms with Gasteiger partial charge in [0.2, 0.25) is 0 Å². The summed E-state index contributed by atoms with van der Waals surface area (Å²) < 4.78 is 3.82. The first-order valence-electron chi connectivity index (χ1n) is 4.47. The average Bonchev–Trinajstić information content (AvgIpc) is 2.27. The van der Waals surface area contributed by atoms with Crippen molar-refractivity contribution in [3.8, 4) is 0 Å². The summed E-state index contributed by atoms with van der Waals surface area (Å²) in [4.78, 5) is 8.48. The summed E-state index contributed by atoms with van der Waals surface area (Å²) in [6, 6.07) is 0. The molecule has 0 aliphatic heterocycles. The molecular formula is C10H10N4S. The summed E-state index contributed by atoms with van der Waals surface area (Å²) in [5, 5.41) is 9.46. The fraction of sp³-hybridized carbons (Fsp3) is 0.200. The molecule has 0 spiro atoms. The highest BCUT2D eigenvalue weighted by Gasteiger charge is 2.18. The molecule has 1 heterocycles. The average molecular weight is 218 g/mol. The van der Waals surface area contributed by atoms with Gasteiger partial charge in [-0.15, -0.1) is 0 Å². The molecule has 4 nitrogen and oxygen atoms in total. The smallest absolute Gasteiger partial charge is 0.101 e. The maximum Gasteiger partial charge on any atom is 0.101 e. The van der Waals surface area contributed by atoms with Crippen LogP contribution in [0.3, 0.4) is 0 Å². The van der Waals surface area contributed by atoms with Crippen LogP contribution in [0.25, 0.3) is 11.1 Å². The van der Waals surface area contributed by atoms with Gasteiger partial charge < -0.3 is 0 Å². The van der Waals surface area contributed by atoms with E-state index in [9.17, 15) is 0 Å². The largest absolute Gasteiger partial charge is 0.298 e. The molecule has 76 valence electrons. The summed E-state index contributed by atoms with van der Waals surface area (Å²) in [7, 11) is 0. The fourth-order valence-corrected chi connectivity index (χ4v) is 1.86. The van der Waals surface area contributed by atoms with E-state index in [2.05, 4.69) is 27.2 Å². The minimum absolute atomic E-state index is 0.371.